The third-order valence-electron chi connectivity index (χ3n) is 5.71. The number of benzene rings is 1. The van der Waals surface area contributed by atoms with Gasteiger partial charge in [-0.25, -0.2) is 0 Å². The van der Waals surface area contributed by atoms with Crippen molar-refractivity contribution in [2.45, 2.75) is 62.9 Å². The average molecular weight is 436 g/mol. The fraction of sp³-hybridized carbons (Fsp3) is 0.591. The highest BCUT2D eigenvalue weighted by atomic mass is 32.2. The second-order valence-corrected chi connectivity index (χ2v) is 15.1. The van der Waals surface area contributed by atoms with Crippen molar-refractivity contribution in [3.05, 3.63) is 24.3 Å². The summed E-state index contributed by atoms with van der Waals surface area (Å²) in [7, 11) is 0.0802. The van der Waals surface area contributed by atoms with Crippen LogP contribution in [0.2, 0.25) is 18.1 Å². The predicted octanol–water partition coefficient (Wildman–Crippen LogP) is 5.66. The van der Waals surface area contributed by atoms with E-state index >= 15 is 0 Å². The summed E-state index contributed by atoms with van der Waals surface area (Å²) in [5.74, 6) is 6.41. The van der Waals surface area contributed by atoms with Gasteiger partial charge in [0, 0.05) is 5.69 Å². The monoisotopic (exact) mass is 435 g/mol. The Hall–Kier alpha value is -1.03. The molecule has 0 N–H and O–H groups in total. The molecule has 0 bridgehead atoms. The van der Waals surface area contributed by atoms with Gasteiger partial charge in [0.1, 0.15) is 19.9 Å². The topological polar surface area (TPSA) is 29.5 Å². The molecule has 154 valence electrons. The first-order chi connectivity index (χ1) is 13.5. The number of amides is 1. The van der Waals surface area contributed by atoms with Crippen LogP contribution in [-0.4, -0.2) is 42.7 Å². The maximum absolute atomic E-state index is 13.4. The van der Waals surface area contributed by atoms with E-state index in [1.54, 1.807) is 30.6 Å². The predicted molar refractivity (Wildman–Crippen MR) is 128 cm³/mol. The molecule has 0 aromatic heterocycles. The van der Waals surface area contributed by atoms with Gasteiger partial charge >= 0.3 is 0 Å². The summed E-state index contributed by atoms with van der Waals surface area (Å²) >= 11 is 3.49. The van der Waals surface area contributed by atoms with Gasteiger partial charge in [0.05, 0.1) is 7.11 Å². The lowest BCUT2D eigenvalue weighted by atomic mass is 9.99. The van der Waals surface area contributed by atoms with Crippen LogP contribution in [0.5, 0.6) is 5.75 Å². The quantitative estimate of drug-likeness (QED) is 0.216. The van der Waals surface area contributed by atoms with E-state index in [0.717, 1.165) is 22.9 Å². The van der Waals surface area contributed by atoms with Gasteiger partial charge in [-0.15, -0.1) is 29.1 Å². The second-order valence-electron chi connectivity index (χ2n) is 6.92. The molecule has 1 aromatic rings. The molecule has 3 nitrogen and oxygen atoms in total. The Balaban J connectivity index is 2.48. The molecule has 2 rings (SSSR count). The zero-order valence-electron chi connectivity index (χ0n) is 18.0. The van der Waals surface area contributed by atoms with Gasteiger partial charge in [0.25, 0.3) is 5.91 Å². The van der Waals surface area contributed by atoms with Crippen molar-refractivity contribution in [2.75, 3.05) is 23.5 Å². The Morgan fingerprint density at radius 2 is 1.57 bits per heavy atom. The maximum atomic E-state index is 13.4. The molecular weight excluding hydrogens is 402 g/mol. The standard InChI is InChI=1S/C22H33NO2S2Si/c1-7-26-22(27-8-2)20(16-17-28(9-3,10-4)11-5)23(21(22)24)18-12-14-19(25-6)15-13-18/h12-15,20H,7-11H2,1-6H3. The van der Waals surface area contributed by atoms with E-state index in [2.05, 4.69) is 46.1 Å². The summed E-state index contributed by atoms with van der Waals surface area (Å²) in [5.41, 5.74) is 4.65. The number of nitrogens with zero attached hydrogens (tertiary/aromatic N) is 1. The summed E-state index contributed by atoms with van der Waals surface area (Å²) in [4.78, 5) is 15.3. The summed E-state index contributed by atoms with van der Waals surface area (Å²) in [6, 6.07) is 11.2. The molecule has 1 atom stereocenters. The van der Waals surface area contributed by atoms with E-state index in [1.807, 2.05) is 29.2 Å². The van der Waals surface area contributed by atoms with Crippen LogP contribution in [0, 0.1) is 11.5 Å². The lowest BCUT2D eigenvalue weighted by Crippen LogP contribution is -2.70. The van der Waals surface area contributed by atoms with Crippen molar-refractivity contribution < 1.29 is 9.53 Å². The van der Waals surface area contributed by atoms with Crippen LogP contribution < -0.4 is 9.64 Å². The third-order valence-corrected chi connectivity index (χ3v) is 13.4. The first kappa shape index (κ1) is 23.2. The van der Waals surface area contributed by atoms with Gasteiger partial charge in [-0.05, 0) is 53.9 Å². The number of carbonyl (C=O) groups excluding carboxylic acids is 1. The van der Waals surface area contributed by atoms with Crippen molar-refractivity contribution in [3.8, 4) is 17.2 Å². The van der Waals surface area contributed by atoms with Crippen LogP contribution in [0.15, 0.2) is 24.3 Å². The molecule has 1 aliphatic rings. The molecule has 0 saturated carbocycles. The van der Waals surface area contributed by atoms with E-state index in [9.17, 15) is 4.79 Å². The molecule has 1 fully saturated rings. The van der Waals surface area contributed by atoms with Crippen LogP contribution >= 0.6 is 23.5 Å². The normalized spacial score (nSPS) is 18.3. The largest absolute Gasteiger partial charge is 0.497 e. The Bertz CT molecular complexity index is 708. The third kappa shape index (κ3) is 4.27. The zero-order chi connectivity index (χ0) is 20.8. The SMILES string of the molecule is CCSC1(SCC)C(=O)N(c2ccc(OC)cc2)C1C#C[Si](CC)(CC)CC. The Morgan fingerprint density at radius 1 is 1.04 bits per heavy atom. The van der Waals surface area contributed by atoms with Gasteiger partial charge in [0.15, 0.2) is 4.08 Å². The van der Waals surface area contributed by atoms with Gasteiger partial charge in [-0.3, -0.25) is 9.69 Å². The number of carbonyl (C=O) groups is 1. The molecule has 28 heavy (non-hydrogen) atoms. The molecule has 6 heteroatoms. The van der Waals surface area contributed by atoms with Gasteiger partial charge in [-0.1, -0.05) is 40.5 Å². The summed E-state index contributed by atoms with van der Waals surface area (Å²) in [5, 5.41) is 0. The van der Waals surface area contributed by atoms with Crippen LogP contribution in [0.1, 0.15) is 34.6 Å². The fourth-order valence-corrected chi connectivity index (χ4v) is 9.12. The zero-order valence-corrected chi connectivity index (χ0v) is 20.6. The number of β-lactam (4-membered cyclic amide) rings is 1. The lowest BCUT2D eigenvalue weighted by Gasteiger charge is -2.52. The number of hydrogen-bond donors (Lipinski definition) is 0. The molecule has 0 radical (unpaired) electrons. The number of anilines is 1. The van der Waals surface area contributed by atoms with E-state index in [0.29, 0.717) is 0 Å². The number of hydrogen-bond acceptors (Lipinski definition) is 4. The van der Waals surface area contributed by atoms with E-state index in [1.165, 1.54) is 18.1 Å². The highest BCUT2D eigenvalue weighted by Gasteiger charge is 2.61. The van der Waals surface area contributed by atoms with E-state index < -0.39 is 12.2 Å². The van der Waals surface area contributed by atoms with Crippen LogP contribution in [-0.2, 0) is 4.79 Å². The molecule has 1 unspecified atom stereocenters. The molecule has 1 aliphatic heterocycles. The first-order valence-electron chi connectivity index (χ1n) is 10.3. The smallest absolute Gasteiger partial charge is 0.257 e. The van der Waals surface area contributed by atoms with Crippen molar-refractivity contribution in [2.24, 2.45) is 0 Å². The Morgan fingerprint density at radius 3 is 2.00 bits per heavy atom. The summed E-state index contributed by atoms with van der Waals surface area (Å²) in [6.45, 7) is 11.1. The molecule has 1 saturated heterocycles. The minimum absolute atomic E-state index is 0.0835. The summed E-state index contributed by atoms with van der Waals surface area (Å²) in [6.07, 6.45) is 0. The highest BCUT2D eigenvalue weighted by Crippen LogP contribution is 2.52. The summed E-state index contributed by atoms with van der Waals surface area (Å²) < 4.78 is 4.79. The minimum Gasteiger partial charge on any atom is -0.497 e. The van der Waals surface area contributed by atoms with E-state index in [4.69, 9.17) is 4.74 Å². The Labute approximate surface area is 180 Å². The highest BCUT2D eigenvalue weighted by molar-refractivity contribution is 8.19. The van der Waals surface area contributed by atoms with Gasteiger partial charge in [-0.2, -0.15) is 0 Å². The van der Waals surface area contributed by atoms with E-state index in [-0.39, 0.29) is 11.9 Å². The first-order valence-corrected chi connectivity index (χ1v) is 14.8. The van der Waals surface area contributed by atoms with Crippen LogP contribution in [0.3, 0.4) is 0 Å². The molecular formula is C22H33NO2S2Si. The van der Waals surface area contributed by atoms with Crippen molar-refractivity contribution in [1.29, 1.82) is 0 Å². The van der Waals surface area contributed by atoms with Gasteiger partial charge < -0.3 is 4.74 Å². The lowest BCUT2D eigenvalue weighted by molar-refractivity contribution is -0.123. The number of ether oxygens (including phenoxy) is 1. The maximum Gasteiger partial charge on any atom is 0.257 e. The molecule has 0 aliphatic carbocycles. The van der Waals surface area contributed by atoms with Crippen LogP contribution in [0.4, 0.5) is 5.69 Å². The van der Waals surface area contributed by atoms with Crippen molar-refractivity contribution >= 4 is 43.2 Å². The fourth-order valence-electron chi connectivity index (χ4n) is 3.66. The minimum atomic E-state index is -1.58. The van der Waals surface area contributed by atoms with Gasteiger partial charge in [0.2, 0.25) is 0 Å². The number of rotatable bonds is 9. The number of methoxy groups -OCH3 is 1. The molecule has 1 amide bonds. The number of thioether (sulfide) groups is 2. The van der Waals surface area contributed by atoms with Crippen LogP contribution in [0.25, 0.3) is 0 Å². The van der Waals surface area contributed by atoms with Crippen molar-refractivity contribution in [3.63, 3.8) is 0 Å². The average Bonchev–Trinajstić information content (AvgIpc) is 2.74. The van der Waals surface area contributed by atoms with Crippen molar-refractivity contribution in [1.82, 2.24) is 0 Å². The second kappa shape index (κ2) is 10.1. The Kier molecular flexibility index (Phi) is 8.41. The molecule has 0 spiro atoms. The molecule has 1 heterocycles. The molecule has 1 aromatic carbocycles.